The second-order valence-electron chi connectivity index (χ2n) is 26.8. The molecule has 0 saturated carbocycles. The highest BCUT2D eigenvalue weighted by atomic mass is 32.1. The van der Waals surface area contributed by atoms with Crippen molar-refractivity contribution < 1.29 is 13.2 Å². The molecular formula is C76H97F3N6S8Si. The Morgan fingerprint density at radius 2 is 0.777 bits per heavy atom. The minimum atomic E-state index is -4.40. The van der Waals surface area contributed by atoms with E-state index in [0.717, 1.165) is 152 Å². The molecule has 0 spiro atoms. The van der Waals surface area contributed by atoms with Crippen LogP contribution in [0.2, 0.25) is 12.1 Å². The van der Waals surface area contributed by atoms with E-state index in [1.165, 1.54) is 184 Å². The second kappa shape index (κ2) is 33.3. The summed E-state index contributed by atoms with van der Waals surface area (Å²) in [4.78, 5) is 23.8. The lowest BCUT2D eigenvalue weighted by molar-refractivity contribution is -0.134. The molecule has 0 amide bonds. The summed E-state index contributed by atoms with van der Waals surface area (Å²) >= 11 is 12.8. The highest BCUT2D eigenvalue weighted by molar-refractivity contribution is 7.32. The standard InChI is InChI=1S/C76H97F3N6S8Si/c1-10-18-24-28-34-51-38-61(86-48(51)9)71-52(35-29-25-19-11-2)39-57(87-71)55-44-80-67(69-65(55)82-92-84-69)59-42-63-73(89-59)74-64(94(63,46-49(16-7)32-22-14-5)47-50(17-8)33-23-15-6)43-60(90-74)68-70-66(83-93-85-70)56(45-81-68)58-40-53(36-30-26-20-12-3)72(88-58)62-41-54(37-31-27-21-13-4)75(91-62)76(77,78)79/h38-45,49-50H,10-37,46-47H2,1-9H3. The smallest absolute Gasteiger partial charge is 0.252 e. The van der Waals surface area contributed by atoms with Crippen LogP contribution in [0.5, 0.6) is 0 Å². The van der Waals surface area contributed by atoms with Crippen LogP contribution in [0.25, 0.3) is 93.4 Å². The summed E-state index contributed by atoms with van der Waals surface area (Å²) in [6.45, 7) is 20.8. The molecule has 6 nitrogen and oxygen atoms in total. The molecule has 18 heteroatoms. The van der Waals surface area contributed by atoms with E-state index < -0.39 is 19.1 Å². The van der Waals surface area contributed by atoms with Crippen molar-refractivity contribution in [1.29, 1.82) is 0 Å². The first kappa shape index (κ1) is 71.4. The van der Waals surface area contributed by atoms with Gasteiger partial charge in [-0.3, -0.25) is 9.97 Å². The van der Waals surface area contributed by atoms with E-state index in [1.807, 2.05) is 57.6 Å². The maximum Gasteiger partial charge on any atom is 0.425 e. The molecule has 2 unspecified atom stereocenters. The van der Waals surface area contributed by atoms with Crippen LogP contribution in [0, 0.1) is 18.8 Å². The zero-order valence-corrected chi connectivity index (χ0v) is 64.6. The first-order valence-corrected chi connectivity index (χ1v) is 44.6. The zero-order valence-electron chi connectivity index (χ0n) is 57.1. The topological polar surface area (TPSA) is 77.3 Å². The molecule has 0 bridgehead atoms. The molecule has 0 aliphatic carbocycles. The first-order chi connectivity index (χ1) is 45.8. The number of fused-ring (bicyclic) bond motifs is 5. The van der Waals surface area contributed by atoms with Gasteiger partial charge >= 0.3 is 6.18 Å². The van der Waals surface area contributed by atoms with Crippen LogP contribution in [0.4, 0.5) is 13.2 Å². The number of hydrogen-bond acceptors (Lipinski definition) is 14. The lowest BCUT2D eigenvalue weighted by Crippen LogP contribution is -2.56. The van der Waals surface area contributed by atoms with Crippen molar-refractivity contribution in [1.82, 2.24) is 27.5 Å². The maximum atomic E-state index is 14.8. The van der Waals surface area contributed by atoms with Gasteiger partial charge in [-0.2, -0.15) is 30.7 Å². The molecule has 94 heavy (non-hydrogen) atoms. The molecule has 10 aromatic heterocycles. The minimum Gasteiger partial charge on any atom is -0.252 e. The fraction of sp³-hybridized carbons (Fsp3) is 0.553. The maximum absolute atomic E-state index is 14.8. The third-order valence-corrected chi connectivity index (χ3v) is 34.4. The SMILES string of the molecule is CCCCCCc1cc(-c2sc(-c3cnc(-c4cc5c(s4)-c4sc(-c6ncc(-c7cc(CCCCCC)c(-c8cc(CCCCCC)c(C(F)(F)F)s8)s7)c7nsnc67)cc4[Si]5(CC(CC)CCCC)CC(CC)CCCC)c4nsnc34)cc2CCCCCC)sc1C. The van der Waals surface area contributed by atoms with Gasteiger partial charge in [-0.1, -0.05) is 184 Å². The molecule has 0 saturated heterocycles. The lowest BCUT2D eigenvalue weighted by atomic mass is 10.0. The summed E-state index contributed by atoms with van der Waals surface area (Å²) in [5, 5.41) is 3.17. The molecule has 1 aliphatic heterocycles. The molecule has 1 aliphatic rings. The summed E-state index contributed by atoms with van der Waals surface area (Å²) in [5.74, 6) is 1.22. The van der Waals surface area contributed by atoms with Crippen molar-refractivity contribution in [2.75, 3.05) is 0 Å². The predicted molar refractivity (Wildman–Crippen MR) is 412 cm³/mol. The Kier molecular flexibility index (Phi) is 25.3. The van der Waals surface area contributed by atoms with Crippen LogP contribution >= 0.6 is 91.5 Å². The quantitative estimate of drug-likeness (QED) is 0.0283. The third kappa shape index (κ3) is 15.8. The van der Waals surface area contributed by atoms with Crippen LogP contribution in [0.1, 0.15) is 241 Å². The fourth-order valence-electron chi connectivity index (χ4n) is 14.6. The van der Waals surface area contributed by atoms with Crippen LogP contribution in [-0.4, -0.2) is 35.5 Å². The number of unbranched alkanes of at least 4 members (excludes halogenated alkanes) is 14. The van der Waals surface area contributed by atoms with E-state index in [1.54, 1.807) is 21.7 Å². The molecule has 0 aromatic carbocycles. The monoisotopic (exact) mass is 1430 g/mol. The molecule has 0 fully saturated rings. The van der Waals surface area contributed by atoms with E-state index in [4.69, 9.17) is 27.5 Å². The predicted octanol–water partition coefficient (Wildman–Crippen LogP) is 26.7. The average molecular weight is 1440 g/mol. The van der Waals surface area contributed by atoms with E-state index in [9.17, 15) is 13.2 Å². The van der Waals surface area contributed by atoms with Gasteiger partial charge < -0.3 is 0 Å². The van der Waals surface area contributed by atoms with Crippen molar-refractivity contribution in [3.63, 3.8) is 0 Å². The lowest BCUT2D eigenvalue weighted by Gasteiger charge is -2.35. The Hall–Kier alpha value is -3.85. The van der Waals surface area contributed by atoms with Crippen molar-refractivity contribution in [3.8, 4) is 71.3 Å². The van der Waals surface area contributed by atoms with Gasteiger partial charge in [0.2, 0.25) is 0 Å². The van der Waals surface area contributed by atoms with Gasteiger partial charge in [0.15, 0.2) is 0 Å². The summed E-state index contributed by atoms with van der Waals surface area (Å²) in [5.41, 5.74) is 11.8. The molecule has 10 aromatic rings. The Morgan fingerprint density at radius 1 is 0.394 bits per heavy atom. The largest absolute Gasteiger partial charge is 0.425 e. The highest BCUT2D eigenvalue weighted by Gasteiger charge is 2.50. The molecule has 2 atom stereocenters. The number of pyridine rings is 2. The van der Waals surface area contributed by atoms with Gasteiger partial charge in [0.1, 0.15) is 46.4 Å². The van der Waals surface area contributed by atoms with Crippen LogP contribution in [0.3, 0.4) is 0 Å². The van der Waals surface area contributed by atoms with Gasteiger partial charge in [0, 0.05) is 67.4 Å². The number of nitrogens with zero attached hydrogens (tertiary/aromatic N) is 6. The molecule has 11 heterocycles. The van der Waals surface area contributed by atoms with E-state index in [0.29, 0.717) is 23.8 Å². The van der Waals surface area contributed by atoms with E-state index in [-0.39, 0.29) is 0 Å². The minimum absolute atomic E-state index is 0.432. The number of hydrogen-bond donors (Lipinski definition) is 0. The molecule has 504 valence electrons. The first-order valence-electron chi connectivity index (χ1n) is 35.9. The van der Waals surface area contributed by atoms with E-state index in [2.05, 4.69) is 98.8 Å². The van der Waals surface area contributed by atoms with Gasteiger partial charge in [0.05, 0.1) is 33.2 Å². The molecule has 0 radical (unpaired) electrons. The molecular weight excluding hydrogens is 1340 g/mol. The van der Waals surface area contributed by atoms with Crippen LogP contribution < -0.4 is 10.4 Å². The van der Waals surface area contributed by atoms with Gasteiger partial charge in [-0.25, -0.2) is 0 Å². The Bertz CT molecular complexity index is 4060. The van der Waals surface area contributed by atoms with Crippen molar-refractivity contribution >= 4 is 132 Å². The highest BCUT2D eigenvalue weighted by Crippen LogP contribution is 2.53. The number of aromatic nitrogens is 6. The van der Waals surface area contributed by atoms with Crippen LogP contribution in [-0.2, 0) is 31.9 Å². The van der Waals surface area contributed by atoms with Crippen molar-refractivity contribution in [2.45, 2.75) is 260 Å². The van der Waals surface area contributed by atoms with Gasteiger partial charge in [-0.05, 0) is 151 Å². The average Bonchev–Trinajstić information content (AvgIpc) is 1.54. The summed E-state index contributed by atoms with van der Waals surface area (Å²) in [6.07, 6.45) is 31.0. The van der Waals surface area contributed by atoms with Gasteiger partial charge in [0.25, 0.3) is 0 Å². The number of alkyl halides is 3. The summed E-state index contributed by atoms with van der Waals surface area (Å²) in [6, 6.07) is 16.7. The Balaban J connectivity index is 1.00. The summed E-state index contributed by atoms with van der Waals surface area (Å²) in [7, 11) is -2.51. The Labute approximate surface area is 591 Å². The number of rotatable bonds is 38. The van der Waals surface area contributed by atoms with E-state index >= 15 is 0 Å². The Morgan fingerprint density at radius 3 is 1.20 bits per heavy atom. The fourth-order valence-corrected chi connectivity index (χ4v) is 31.0. The number of halogens is 3. The van der Waals surface area contributed by atoms with Crippen molar-refractivity contribution in [2.24, 2.45) is 11.8 Å². The van der Waals surface area contributed by atoms with Crippen LogP contribution in [0.15, 0.2) is 48.8 Å². The molecule has 11 rings (SSSR count). The second-order valence-corrected chi connectivity index (χ2v) is 38.5. The normalized spacial score (nSPS) is 14.8. The number of aryl methyl sites for hydroxylation is 5. The van der Waals surface area contributed by atoms with Gasteiger partial charge in [-0.15, -0.1) is 68.0 Å². The molecule has 0 N–H and O–H groups in total. The van der Waals surface area contributed by atoms with Crippen molar-refractivity contribution in [3.05, 3.63) is 80.8 Å². The third-order valence-electron chi connectivity index (χ3n) is 20.0. The zero-order chi connectivity index (χ0) is 65.9. The summed E-state index contributed by atoms with van der Waals surface area (Å²) < 4.78 is 64.9. The number of thiophene rings is 6.